The Morgan fingerprint density at radius 1 is 1.12 bits per heavy atom. The monoisotopic (exact) mass is 498 g/mol. The zero-order valence-electron chi connectivity index (χ0n) is 17.6. The third kappa shape index (κ3) is 4.41. The number of benzene rings is 2. The molecule has 0 aromatic heterocycles. The maximum Gasteiger partial charge on any atom is 0.303 e. The van der Waals surface area contributed by atoms with E-state index in [4.69, 9.17) is 33.0 Å². The number of aryl methyl sites for hydroxylation is 1. The normalized spacial score (nSPS) is 19.1. The lowest BCUT2D eigenvalue weighted by Crippen LogP contribution is -2.48. The number of halogens is 2. The van der Waals surface area contributed by atoms with E-state index in [1.165, 1.54) is 11.4 Å². The third-order valence-corrected chi connectivity index (χ3v) is 8.83. The summed E-state index contributed by atoms with van der Waals surface area (Å²) in [6, 6.07) is 8.75. The van der Waals surface area contributed by atoms with Crippen molar-refractivity contribution >= 4 is 44.9 Å². The van der Waals surface area contributed by atoms with Crippen LogP contribution < -0.4 is 9.64 Å². The molecule has 7 nitrogen and oxygen atoms in total. The van der Waals surface area contributed by atoms with Crippen LogP contribution in [-0.2, 0) is 21.2 Å². The average Bonchev–Trinajstić information content (AvgIpc) is 3.16. The molecule has 1 N–H and O–H groups in total. The number of carboxylic acid groups (broad SMARTS) is 1. The third-order valence-electron chi connectivity index (χ3n) is 6.17. The Kier molecular flexibility index (Phi) is 6.58. The lowest BCUT2D eigenvalue weighted by atomic mass is 9.98. The zero-order chi connectivity index (χ0) is 23.0. The van der Waals surface area contributed by atoms with Gasteiger partial charge in [0.1, 0.15) is 10.6 Å². The molecule has 1 heterocycles. The summed E-state index contributed by atoms with van der Waals surface area (Å²) in [5.74, 6) is -0.728. The predicted octanol–water partition coefficient (Wildman–Crippen LogP) is 4.02. The van der Waals surface area contributed by atoms with Gasteiger partial charge in [-0.25, -0.2) is 8.42 Å². The summed E-state index contributed by atoms with van der Waals surface area (Å²) >= 11 is 12.1. The molecule has 2 aromatic rings. The first-order valence-electron chi connectivity index (χ1n) is 10.3. The Labute approximate surface area is 197 Å². The van der Waals surface area contributed by atoms with Crippen LogP contribution in [0.3, 0.4) is 0 Å². The van der Waals surface area contributed by atoms with E-state index in [1.54, 1.807) is 24.3 Å². The maximum absolute atomic E-state index is 13.5. The van der Waals surface area contributed by atoms with Crippen molar-refractivity contribution in [2.75, 3.05) is 38.2 Å². The Morgan fingerprint density at radius 3 is 2.47 bits per heavy atom. The van der Waals surface area contributed by atoms with E-state index >= 15 is 0 Å². The molecule has 1 unspecified atom stereocenters. The highest BCUT2D eigenvalue weighted by atomic mass is 35.5. The Hall–Kier alpha value is -2.00. The van der Waals surface area contributed by atoms with Crippen LogP contribution in [0.15, 0.2) is 35.2 Å². The number of aliphatic carboxylic acids is 1. The number of ether oxygens (including phenoxy) is 1. The van der Waals surface area contributed by atoms with E-state index in [0.29, 0.717) is 49.1 Å². The molecule has 4 rings (SSSR count). The van der Waals surface area contributed by atoms with Crippen LogP contribution in [-0.4, -0.2) is 57.1 Å². The van der Waals surface area contributed by atoms with Crippen LogP contribution in [0.4, 0.5) is 5.69 Å². The van der Waals surface area contributed by atoms with Crippen molar-refractivity contribution in [1.29, 1.82) is 0 Å². The van der Waals surface area contributed by atoms with Gasteiger partial charge in [0.15, 0.2) is 0 Å². The van der Waals surface area contributed by atoms with Gasteiger partial charge in [-0.3, -0.25) is 4.79 Å². The molecule has 0 saturated carbocycles. The van der Waals surface area contributed by atoms with Crippen LogP contribution in [0, 0.1) is 0 Å². The van der Waals surface area contributed by atoms with Crippen LogP contribution in [0.5, 0.6) is 5.75 Å². The number of anilines is 1. The van der Waals surface area contributed by atoms with Crippen molar-refractivity contribution in [3.8, 4) is 5.75 Å². The van der Waals surface area contributed by atoms with Crippen molar-refractivity contribution in [2.24, 2.45) is 0 Å². The van der Waals surface area contributed by atoms with Gasteiger partial charge in [-0.1, -0.05) is 23.2 Å². The predicted molar refractivity (Wildman–Crippen MR) is 124 cm³/mol. The fraction of sp³-hybridized carbons (Fsp3) is 0.409. The molecule has 32 heavy (non-hydrogen) atoms. The van der Waals surface area contributed by atoms with Gasteiger partial charge in [-0.15, -0.1) is 0 Å². The molecule has 0 spiro atoms. The second kappa shape index (κ2) is 9.09. The van der Waals surface area contributed by atoms with Gasteiger partial charge in [-0.05, 0) is 60.2 Å². The summed E-state index contributed by atoms with van der Waals surface area (Å²) in [6.07, 6.45) is 1.38. The highest BCUT2D eigenvalue weighted by Crippen LogP contribution is 2.41. The first-order valence-corrected chi connectivity index (χ1v) is 12.5. The quantitative estimate of drug-likeness (QED) is 0.646. The minimum atomic E-state index is -3.77. The smallest absolute Gasteiger partial charge is 0.303 e. The second-order valence-electron chi connectivity index (χ2n) is 8.02. The second-order valence-corrected chi connectivity index (χ2v) is 10.7. The number of sulfonamides is 1. The Morgan fingerprint density at radius 2 is 1.84 bits per heavy atom. The Balaban J connectivity index is 1.55. The molecular formula is C22H24Cl2N2O5S. The number of hydrogen-bond acceptors (Lipinski definition) is 5. The molecule has 1 aliphatic heterocycles. The fourth-order valence-corrected chi connectivity index (χ4v) is 6.39. The lowest BCUT2D eigenvalue weighted by molar-refractivity contribution is -0.137. The number of hydrogen-bond donors (Lipinski definition) is 1. The van der Waals surface area contributed by atoms with E-state index in [-0.39, 0.29) is 23.0 Å². The molecule has 2 aliphatic rings. The van der Waals surface area contributed by atoms with E-state index in [2.05, 4.69) is 4.90 Å². The van der Waals surface area contributed by atoms with Gasteiger partial charge >= 0.3 is 5.97 Å². The minimum absolute atomic E-state index is 0.0267. The summed E-state index contributed by atoms with van der Waals surface area (Å²) < 4.78 is 33.8. The van der Waals surface area contributed by atoms with Crippen molar-refractivity contribution in [1.82, 2.24) is 4.31 Å². The first kappa shape index (κ1) is 23.2. The maximum atomic E-state index is 13.5. The minimum Gasteiger partial charge on any atom is -0.495 e. The van der Waals surface area contributed by atoms with Crippen molar-refractivity contribution in [2.45, 2.75) is 30.1 Å². The molecule has 10 heteroatoms. The number of methoxy groups -OCH3 is 1. The molecule has 1 aliphatic carbocycles. The number of rotatable bonds is 6. The molecule has 172 valence electrons. The van der Waals surface area contributed by atoms with Gasteiger partial charge in [0.25, 0.3) is 0 Å². The summed E-state index contributed by atoms with van der Waals surface area (Å²) in [6.45, 7) is 1.69. The molecule has 0 amide bonds. The molecule has 0 bridgehead atoms. The number of nitrogens with zero attached hydrogens (tertiary/aromatic N) is 2. The van der Waals surface area contributed by atoms with Gasteiger partial charge in [0.2, 0.25) is 10.0 Å². The highest BCUT2D eigenvalue weighted by molar-refractivity contribution is 7.89. The van der Waals surface area contributed by atoms with Crippen LogP contribution in [0.2, 0.25) is 10.0 Å². The standard InChI is InChI=1S/C22H24Cl2N2O5S/c1-31-20-13-17-14(2-3-15(17)11-22(27)28)10-21(20)32(29,30)26-8-6-25(7-9-26)16-4-5-18(23)19(24)12-16/h4-5,10,12-13,15H,2-3,6-9,11H2,1H3,(H,27,28). The van der Waals surface area contributed by atoms with Crippen molar-refractivity contribution < 1.29 is 23.1 Å². The first-order chi connectivity index (χ1) is 15.2. The summed E-state index contributed by atoms with van der Waals surface area (Å²) in [5.41, 5.74) is 2.65. The lowest BCUT2D eigenvalue weighted by Gasteiger charge is -2.35. The van der Waals surface area contributed by atoms with Crippen molar-refractivity contribution in [3.63, 3.8) is 0 Å². The van der Waals surface area contributed by atoms with Crippen LogP contribution in [0.1, 0.15) is 29.9 Å². The zero-order valence-corrected chi connectivity index (χ0v) is 19.9. The molecule has 2 aromatic carbocycles. The van der Waals surface area contributed by atoms with E-state index < -0.39 is 16.0 Å². The molecule has 1 fully saturated rings. The van der Waals surface area contributed by atoms with Gasteiger partial charge in [0, 0.05) is 31.9 Å². The number of piperazine rings is 1. The SMILES string of the molecule is COc1cc2c(cc1S(=O)(=O)N1CCN(c3ccc(Cl)c(Cl)c3)CC1)CCC2CC(=O)O. The molecular weight excluding hydrogens is 475 g/mol. The largest absolute Gasteiger partial charge is 0.495 e. The van der Waals surface area contributed by atoms with E-state index in [1.807, 2.05) is 6.07 Å². The fourth-order valence-electron chi connectivity index (χ4n) is 4.49. The number of fused-ring (bicyclic) bond motifs is 1. The summed E-state index contributed by atoms with van der Waals surface area (Å²) in [7, 11) is -2.33. The average molecular weight is 499 g/mol. The number of carbonyl (C=O) groups is 1. The summed E-state index contributed by atoms with van der Waals surface area (Å²) in [4.78, 5) is 13.4. The number of carboxylic acids is 1. The van der Waals surface area contributed by atoms with Crippen LogP contribution >= 0.6 is 23.2 Å². The van der Waals surface area contributed by atoms with Gasteiger partial charge < -0.3 is 14.7 Å². The van der Waals surface area contributed by atoms with Gasteiger partial charge in [0.05, 0.1) is 23.6 Å². The molecule has 1 saturated heterocycles. The topological polar surface area (TPSA) is 87.2 Å². The summed E-state index contributed by atoms with van der Waals surface area (Å²) in [5, 5.41) is 10.1. The molecule has 0 radical (unpaired) electrons. The van der Waals surface area contributed by atoms with Crippen LogP contribution in [0.25, 0.3) is 0 Å². The van der Waals surface area contributed by atoms with Gasteiger partial charge in [-0.2, -0.15) is 4.31 Å². The van der Waals surface area contributed by atoms with Crippen molar-refractivity contribution in [3.05, 3.63) is 51.5 Å². The molecule has 1 atom stereocenters. The van der Waals surface area contributed by atoms with E-state index in [9.17, 15) is 13.2 Å². The highest BCUT2D eigenvalue weighted by Gasteiger charge is 2.34. The Bertz CT molecular complexity index is 1150. The van der Waals surface area contributed by atoms with E-state index in [0.717, 1.165) is 16.8 Å².